The second-order valence-electron chi connectivity index (χ2n) is 18.4. The quantitative estimate of drug-likeness (QED) is 0.140. The van der Waals surface area contributed by atoms with E-state index in [-0.39, 0.29) is 5.41 Å². The van der Waals surface area contributed by atoms with Crippen LogP contribution in [-0.4, -0.2) is 0 Å². The van der Waals surface area contributed by atoms with Crippen LogP contribution in [0.5, 0.6) is 0 Å². The number of hydrogen-bond donors (Lipinski definition) is 0. The van der Waals surface area contributed by atoms with E-state index in [4.69, 9.17) is 0 Å². The van der Waals surface area contributed by atoms with Gasteiger partial charge in [-0.25, -0.2) is 0 Å². The van der Waals surface area contributed by atoms with Gasteiger partial charge in [0, 0.05) is 22.2 Å². The summed E-state index contributed by atoms with van der Waals surface area (Å²) in [6, 6.07) is 95.7. The van der Waals surface area contributed by atoms with Crippen molar-refractivity contribution in [3.8, 4) is 77.9 Å². The van der Waals surface area contributed by atoms with E-state index in [1.807, 2.05) is 0 Å². The molecule has 12 rings (SSSR count). The van der Waals surface area contributed by atoms with Crippen molar-refractivity contribution in [3.05, 3.63) is 272 Å². The van der Waals surface area contributed by atoms with E-state index in [0.29, 0.717) is 0 Å². The molecule has 0 unspecified atom stereocenters. The molecule has 0 atom stereocenters. The zero-order valence-electron chi connectivity index (χ0n) is 38.3. The molecule has 0 fully saturated rings. The molecule has 0 N–H and O–H groups in total. The van der Waals surface area contributed by atoms with Crippen molar-refractivity contribution in [3.63, 3.8) is 0 Å². The third-order valence-corrected chi connectivity index (χ3v) is 14.1. The Kier molecular flexibility index (Phi) is 10.3. The molecule has 11 aromatic carbocycles. The summed E-state index contributed by atoms with van der Waals surface area (Å²) in [5, 5.41) is 2.52. The van der Waals surface area contributed by atoms with Crippen molar-refractivity contribution in [2.75, 3.05) is 4.90 Å². The second kappa shape index (κ2) is 17.0. The van der Waals surface area contributed by atoms with Gasteiger partial charge in [0.25, 0.3) is 0 Å². The number of benzene rings is 11. The van der Waals surface area contributed by atoms with Crippen LogP contribution in [0.3, 0.4) is 0 Å². The molecule has 1 aliphatic carbocycles. The van der Waals surface area contributed by atoms with Crippen molar-refractivity contribution in [2.45, 2.75) is 19.3 Å². The molecular formula is C67H49N. The Morgan fingerprint density at radius 3 is 1.50 bits per heavy atom. The van der Waals surface area contributed by atoms with Crippen LogP contribution in [0.1, 0.15) is 25.0 Å². The molecule has 0 amide bonds. The lowest BCUT2D eigenvalue weighted by Crippen LogP contribution is -2.15. The maximum atomic E-state index is 2.50. The van der Waals surface area contributed by atoms with Crippen molar-refractivity contribution in [2.24, 2.45) is 0 Å². The summed E-state index contributed by atoms with van der Waals surface area (Å²) >= 11 is 0. The number of nitrogens with zero attached hydrogens (tertiary/aromatic N) is 1. The van der Waals surface area contributed by atoms with Gasteiger partial charge >= 0.3 is 0 Å². The predicted molar refractivity (Wildman–Crippen MR) is 289 cm³/mol. The summed E-state index contributed by atoms with van der Waals surface area (Å²) in [5.74, 6) is 0. The lowest BCUT2D eigenvalue weighted by Gasteiger charge is -2.31. The third kappa shape index (κ3) is 7.12. The van der Waals surface area contributed by atoms with Crippen molar-refractivity contribution in [1.29, 1.82) is 0 Å². The fourth-order valence-corrected chi connectivity index (χ4v) is 10.8. The number of rotatable bonds is 9. The Balaban J connectivity index is 1.05. The van der Waals surface area contributed by atoms with Gasteiger partial charge in [-0.3, -0.25) is 0 Å². The lowest BCUT2D eigenvalue weighted by atomic mass is 9.82. The first-order chi connectivity index (χ1) is 33.5. The van der Waals surface area contributed by atoms with Crippen molar-refractivity contribution >= 4 is 27.8 Å². The van der Waals surface area contributed by atoms with Crippen LogP contribution in [0.25, 0.3) is 88.7 Å². The van der Waals surface area contributed by atoms with Gasteiger partial charge in [0.15, 0.2) is 0 Å². The topological polar surface area (TPSA) is 3.24 Å². The molecule has 0 spiro atoms. The van der Waals surface area contributed by atoms with E-state index >= 15 is 0 Å². The van der Waals surface area contributed by atoms with Crippen LogP contribution in [0.15, 0.2) is 261 Å². The Hall–Kier alpha value is -8.52. The number of hydrogen-bond acceptors (Lipinski definition) is 1. The van der Waals surface area contributed by atoms with Gasteiger partial charge in [-0.2, -0.15) is 0 Å². The smallest absolute Gasteiger partial charge is 0.0546 e. The lowest BCUT2D eigenvalue weighted by molar-refractivity contribution is 0.660. The highest BCUT2D eigenvalue weighted by Gasteiger charge is 2.35. The zero-order chi connectivity index (χ0) is 45.6. The number of para-hydroxylation sites is 1. The molecule has 1 aliphatic rings. The van der Waals surface area contributed by atoms with Gasteiger partial charge in [0.2, 0.25) is 0 Å². The predicted octanol–water partition coefficient (Wildman–Crippen LogP) is 18.6. The Bertz CT molecular complexity index is 3620. The molecule has 68 heavy (non-hydrogen) atoms. The molecule has 1 nitrogen and oxygen atoms in total. The Labute approximate surface area is 399 Å². The molecule has 322 valence electrons. The van der Waals surface area contributed by atoms with E-state index in [1.54, 1.807) is 0 Å². The molecule has 0 heterocycles. The monoisotopic (exact) mass is 867 g/mol. The van der Waals surface area contributed by atoms with Gasteiger partial charge in [-0.05, 0) is 119 Å². The van der Waals surface area contributed by atoms with Crippen LogP contribution in [0, 0.1) is 0 Å². The summed E-state index contributed by atoms with van der Waals surface area (Å²) in [4.78, 5) is 2.50. The summed E-state index contributed by atoms with van der Waals surface area (Å²) in [6.07, 6.45) is 0. The molecule has 0 bridgehead atoms. The minimum Gasteiger partial charge on any atom is -0.309 e. The molecule has 0 saturated heterocycles. The number of fused-ring (bicyclic) bond motifs is 4. The molecule has 0 radical (unpaired) electrons. The van der Waals surface area contributed by atoms with Crippen LogP contribution in [-0.2, 0) is 5.41 Å². The molecular weight excluding hydrogens is 819 g/mol. The fourth-order valence-electron chi connectivity index (χ4n) is 10.8. The van der Waals surface area contributed by atoms with Gasteiger partial charge < -0.3 is 4.90 Å². The van der Waals surface area contributed by atoms with Crippen LogP contribution >= 0.6 is 0 Å². The highest BCUT2D eigenvalue weighted by Crippen LogP contribution is 2.53. The summed E-state index contributed by atoms with van der Waals surface area (Å²) in [7, 11) is 0. The zero-order valence-corrected chi connectivity index (χ0v) is 38.3. The first kappa shape index (κ1) is 40.9. The van der Waals surface area contributed by atoms with Crippen LogP contribution in [0.4, 0.5) is 17.1 Å². The van der Waals surface area contributed by atoms with Gasteiger partial charge in [-0.15, -0.1) is 0 Å². The Morgan fingerprint density at radius 1 is 0.279 bits per heavy atom. The largest absolute Gasteiger partial charge is 0.309 e. The van der Waals surface area contributed by atoms with Crippen molar-refractivity contribution in [1.82, 2.24) is 0 Å². The van der Waals surface area contributed by atoms with E-state index in [0.717, 1.165) is 22.6 Å². The second-order valence-corrected chi connectivity index (χ2v) is 18.4. The van der Waals surface area contributed by atoms with Gasteiger partial charge in [0.1, 0.15) is 0 Å². The normalized spacial score (nSPS) is 12.4. The van der Waals surface area contributed by atoms with Crippen LogP contribution < -0.4 is 4.90 Å². The number of anilines is 3. The molecule has 11 aromatic rings. The van der Waals surface area contributed by atoms with E-state index in [2.05, 4.69) is 280 Å². The first-order valence-electron chi connectivity index (χ1n) is 23.7. The third-order valence-electron chi connectivity index (χ3n) is 14.1. The van der Waals surface area contributed by atoms with E-state index in [1.165, 1.54) is 94.2 Å². The maximum Gasteiger partial charge on any atom is 0.0546 e. The highest BCUT2D eigenvalue weighted by atomic mass is 15.1. The van der Waals surface area contributed by atoms with E-state index in [9.17, 15) is 0 Å². The molecule has 0 saturated carbocycles. The summed E-state index contributed by atoms with van der Waals surface area (Å²) in [6.45, 7) is 4.70. The summed E-state index contributed by atoms with van der Waals surface area (Å²) in [5.41, 5.74) is 22.8. The van der Waals surface area contributed by atoms with Gasteiger partial charge in [0.05, 0.1) is 11.4 Å². The highest BCUT2D eigenvalue weighted by molar-refractivity contribution is 6.03. The average molecular weight is 868 g/mol. The average Bonchev–Trinajstić information content (AvgIpc) is 3.64. The summed E-state index contributed by atoms with van der Waals surface area (Å²) < 4.78 is 0. The fraction of sp³-hybridized carbons (Fsp3) is 0.0448. The minimum atomic E-state index is -0.0765. The van der Waals surface area contributed by atoms with E-state index < -0.39 is 0 Å². The first-order valence-corrected chi connectivity index (χ1v) is 23.7. The van der Waals surface area contributed by atoms with Crippen molar-refractivity contribution < 1.29 is 0 Å². The molecule has 0 aliphatic heterocycles. The Morgan fingerprint density at radius 2 is 0.750 bits per heavy atom. The SMILES string of the molecule is CC1(C)c2ccccc2-c2cc(-c3ccccc3N(c3ccc(-c4ccc(-c5cccc6ccccc56)cc4)cc3)c3cccc(-c4ccccc4)c3-c3ccccc3-c3ccccc3)ccc21. The van der Waals surface area contributed by atoms with Crippen LogP contribution in [0.2, 0.25) is 0 Å². The molecule has 0 aromatic heterocycles. The van der Waals surface area contributed by atoms with Gasteiger partial charge in [-0.1, -0.05) is 244 Å². The standard InChI is InChI=1S/C67H49N/c1-67(2)62-32-15-13-28-59(62)61-45-52(41-44-63(61)67)57-27-14-16-33-64(57)68(53-42-39-47(40-43-53)46-35-37-51(38-36-46)55-30-17-24-49-23-9-10-25-54(49)55)65-34-18-31-58(50-21-7-4-8-22-50)66(65)60-29-12-11-26-56(60)48-19-5-3-6-20-48/h3-45H,1-2H3. The maximum absolute atomic E-state index is 2.50. The molecule has 1 heteroatoms. The minimum absolute atomic E-state index is 0.0765.